The summed E-state index contributed by atoms with van der Waals surface area (Å²) in [5, 5.41) is 8.08. The smallest absolute Gasteiger partial charge is 0.0272 e. The van der Waals surface area contributed by atoms with Gasteiger partial charge >= 0.3 is 0 Å². The van der Waals surface area contributed by atoms with E-state index in [0.717, 1.165) is 23.7 Å². The Hall–Kier alpha value is -4.68. The fourth-order valence-electron chi connectivity index (χ4n) is 12.7. The maximum atomic E-state index is 2.68. The predicted molar refractivity (Wildman–Crippen MR) is 205 cm³/mol. The van der Waals surface area contributed by atoms with Crippen LogP contribution >= 0.6 is 0 Å². The lowest BCUT2D eigenvalue weighted by Crippen LogP contribution is -2.55. The van der Waals surface area contributed by atoms with Crippen LogP contribution in [0, 0.1) is 23.7 Å². The van der Waals surface area contributed by atoms with E-state index in [9.17, 15) is 0 Å². The van der Waals surface area contributed by atoms with Crippen LogP contribution in [0.5, 0.6) is 0 Å². The number of rotatable bonds is 1. The molecule has 6 aliphatic rings. The van der Waals surface area contributed by atoms with Gasteiger partial charge in [0, 0.05) is 10.8 Å². The van der Waals surface area contributed by atoms with Crippen molar-refractivity contribution in [3.63, 3.8) is 0 Å². The second-order valence-electron chi connectivity index (χ2n) is 16.9. The van der Waals surface area contributed by atoms with Crippen LogP contribution in [0.15, 0.2) is 121 Å². The highest BCUT2D eigenvalue weighted by Crippen LogP contribution is 2.71. The fraction of sp³-hybridized carbons (Fsp3) is 0.265. The van der Waals surface area contributed by atoms with Crippen molar-refractivity contribution in [2.75, 3.05) is 0 Å². The van der Waals surface area contributed by atoms with E-state index in [4.69, 9.17) is 0 Å². The van der Waals surface area contributed by atoms with E-state index < -0.39 is 0 Å². The summed E-state index contributed by atoms with van der Waals surface area (Å²) in [5.74, 6) is 3.35. The first kappa shape index (κ1) is 27.2. The van der Waals surface area contributed by atoms with E-state index >= 15 is 0 Å². The molecule has 0 aliphatic heterocycles. The van der Waals surface area contributed by atoms with Gasteiger partial charge in [-0.05, 0) is 156 Å². The van der Waals surface area contributed by atoms with E-state index in [0.29, 0.717) is 0 Å². The van der Waals surface area contributed by atoms with Gasteiger partial charge in [0.2, 0.25) is 0 Å². The number of hydrogen-bond acceptors (Lipinski definition) is 0. The third-order valence-electron chi connectivity index (χ3n) is 14.4. The summed E-state index contributed by atoms with van der Waals surface area (Å²) in [6, 6.07) is 47.3. The minimum absolute atomic E-state index is 0.0128. The largest absolute Gasteiger partial charge is 0.0619 e. The Morgan fingerprint density at radius 1 is 0.408 bits per heavy atom. The van der Waals surface area contributed by atoms with Crippen molar-refractivity contribution < 1.29 is 0 Å². The van der Waals surface area contributed by atoms with Crippen LogP contribution in [0.4, 0.5) is 0 Å². The summed E-state index contributed by atoms with van der Waals surface area (Å²) in [6.45, 7) is 4.88. The van der Waals surface area contributed by atoms with Crippen LogP contribution in [0.1, 0.15) is 68.2 Å². The Balaban J connectivity index is 1.13. The highest BCUT2D eigenvalue weighted by molar-refractivity contribution is 6.25. The third kappa shape index (κ3) is 3.23. The van der Waals surface area contributed by atoms with Crippen LogP contribution in [-0.2, 0) is 10.8 Å². The Morgan fingerprint density at radius 2 is 0.918 bits per heavy atom. The molecule has 6 aliphatic carbocycles. The van der Waals surface area contributed by atoms with Gasteiger partial charge in [0.1, 0.15) is 0 Å². The van der Waals surface area contributed by atoms with Crippen LogP contribution < -0.4 is 0 Å². The first-order valence-corrected chi connectivity index (χ1v) is 18.8. The number of hydrogen-bond donors (Lipinski definition) is 0. The van der Waals surface area contributed by atoms with Gasteiger partial charge in [0.25, 0.3) is 0 Å². The highest BCUT2D eigenvalue weighted by atomic mass is 14.7. The molecule has 0 radical (unpaired) electrons. The van der Waals surface area contributed by atoms with Crippen molar-refractivity contribution in [3.8, 4) is 33.4 Å². The Morgan fingerprint density at radius 3 is 1.61 bits per heavy atom. The van der Waals surface area contributed by atoms with Gasteiger partial charge < -0.3 is 0 Å². The van der Waals surface area contributed by atoms with E-state index in [2.05, 4.69) is 135 Å². The summed E-state index contributed by atoms with van der Waals surface area (Å²) in [5.41, 5.74) is 15.2. The van der Waals surface area contributed by atoms with Gasteiger partial charge in [-0.25, -0.2) is 0 Å². The standard InChI is InChI=1S/C49H40/c1-48(2)42-14-8-7-13-39(42)46-43(48)19-20-44-47(46)40-18-16-31(27-45(40)49(44)32-22-28-21-29(24-32)25-33(49)23-28)30-15-17-38-36-11-4-3-9-34(36)35-10-5-6-12-37(35)41(38)26-30/h3-20,26-29,32-33H,21-25H2,1-2H3. The maximum absolute atomic E-state index is 2.68. The third-order valence-corrected chi connectivity index (χ3v) is 14.4. The van der Waals surface area contributed by atoms with Gasteiger partial charge in [0.15, 0.2) is 0 Å². The van der Waals surface area contributed by atoms with Crippen LogP contribution in [-0.4, -0.2) is 0 Å². The van der Waals surface area contributed by atoms with Crippen molar-refractivity contribution in [1.29, 1.82) is 0 Å². The zero-order chi connectivity index (χ0) is 32.2. The predicted octanol–water partition coefficient (Wildman–Crippen LogP) is 12.8. The van der Waals surface area contributed by atoms with E-state index in [1.165, 1.54) is 103 Å². The van der Waals surface area contributed by atoms with Gasteiger partial charge in [-0.3, -0.25) is 0 Å². The molecule has 0 unspecified atom stereocenters. The minimum atomic E-state index is 0.0128. The molecule has 0 heteroatoms. The molecule has 0 amide bonds. The second-order valence-corrected chi connectivity index (χ2v) is 16.9. The topological polar surface area (TPSA) is 0 Å². The molecule has 236 valence electrons. The van der Waals surface area contributed by atoms with Crippen LogP contribution in [0.25, 0.3) is 65.7 Å². The molecule has 0 nitrogen and oxygen atoms in total. The lowest BCUT2D eigenvalue weighted by Gasteiger charge is -2.61. The average Bonchev–Trinajstić information content (AvgIpc) is 3.56. The molecule has 0 aromatic heterocycles. The lowest BCUT2D eigenvalue weighted by molar-refractivity contribution is -0.0399. The van der Waals surface area contributed by atoms with E-state index in [1.54, 1.807) is 16.7 Å². The maximum Gasteiger partial charge on any atom is 0.0272 e. The van der Waals surface area contributed by atoms with Gasteiger partial charge in [0.05, 0.1) is 0 Å². The Bertz CT molecular complexity index is 2530. The lowest BCUT2D eigenvalue weighted by atomic mass is 9.43. The number of benzene rings is 7. The molecule has 0 heterocycles. The number of fused-ring (bicyclic) bond motifs is 13. The molecule has 0 N–H and O–H groups in total. The molecule has 7 aromatic carbocycles. The highest BCUT2D eigenvalue weighted by Gasteiger charge is 2.62. The summed E-state index contributed by atoms with van der Waals surface area (Å²) in [7, 11) is 0. The molecule has 13 rings (SSSR count). The molecule has 0 saturated heterocycles. The van der Waals surface area contributed by atoms with E-state index in [-0.39, 0.29) is 10.8 Å². The summed E-state index contributed by atoms with van der Waals surface area (Å²) < 4.78 is 0. The second kappa shape index (κ2) is 9.10. The zero-order valence-corrected chi connectivity index (χ0v) is 28.4. The first-order valence-electron chi connectivity index (χ1n) is 18.8. The average molecular weight is 629 g/mol. The van der Waals surface area contributed by atoms with Crippen molar-refractivity contribution in [1.82, 2.24) is 0 Å². The molecule has 4 saturated carbocycles. The molecule has 7 aromatic rings. The Labute approximate surface area is 288 Å². The molecular formula is C49H40. The molecule has 49 heavy (non-hydrogen) atoms. The van der Waals surface area contributed by atoms with Crippen molar-refractivity contribution >= 4 is 32.3 Å². The van der Waals surface area contributed by atoms with Crippen molar-refractivity contribution in [2.24, 2.45) is 23.7 Å². The first-order chi connectivity index (χ1) is 24.0. The SMILES string of the molecule is CC1(C)c2ccccc2-c2c1ccc1c2-c2ccc(-c3ccc4c5ccccc5c5ccccc5c4c3)cc2C12C1CC3CC(C1)CC2C3. The van der Waals surface area contributed by atoms with Gasteiger partial charge in [-0.1, -0.05) is 123 Å². The normalized spacial score (nSPS) is 26.4. The fourth-order valence-corrected chi connectivity index (χ4v) is 12.7. The van der Waals surface area contributed by atoms with Crippen molar-refractivity contribution in [2.45, 2.75) is 56.8 Å². The molecule has 0 atom stereocenters. The zero-order valence-electron chi connectivity index (χ0n) is 28.4. The molecule has 4 fully saturated rings. The minimum Gasteiger partial charge on any atom is -0.0619 e. The molecule has 4 bridgehead atoms. The molecular weight excluding hydrogens is 589 g/mol. The van der Waals surface area contributed by atoms with Crippen molar-refractivity contribution in [3.05, 3.63) is 144 Å². The Kier molecular flexibility index (Phi) is 5.05. The van der Waals surface area contributed by atoms with Gasteiger partial charge in [-0.15, -0.1) is 0 Å². The monoisotopic (exact) mass is 628 g/mol. The van der Waals surface area contributed by atoms with Crippen LogP contribution in [0.2, 0.25) is 0 Å². The molecule has 1 spiro atoms. The summed E-state index contributed by atoms with van der Waals surface area (Å²) >= 11 is 0. The quantitative estimate of drug-likeness (QED) is 0.159. The van der Waals surface area contributed by atoms with E-state index in [1.807, 2.05) is 0 Å². The van der Waals surface area contributed by atoms with Crippen LogP contribution in [0.3, 0.4) is 0 Å². The summed E-state index contributed by atoms with van der Waals surface area (Å²) in [4.78, 5) is 0. The van der Waals surface area contributed by atoms with Gasteiger partial charge in [-0.2, -0.15) is 0 Å². The summed E-state index contributed by atoms with van der Waals surface area (Å²) in [6.07, 6.45) is 7.11.